The number of rotatable bonds is 8. The molecule has 138 valence electrons. The molecule has 0 spiro atoms. The Labute approximate surface area is 158 Å². The number of amides is 1. The van der Waals surface area contributed by atoms with Crippen molar-refractivity contribution in [1.82, 2.24) is 15.3 Å². The molecule has 1 amide bonds. The lowest BCUT2D eigenvalue weighted by Gasteiger charge is -2.10. The van der Waals surface area contributed by atoms with Gasteiger partial charge in [-0.1, -0.05) is 24.3 Å². The predicted molar refractivity (Wildman–Crippen MR) is 105 cm³/mol. The first-order chi connectivity index (χ1) is 13.3. The third-order valence-corrected chi connectivity index (χ3v) is 4.07. The molecule has 6 heteroatoms. The number of benzene rings is 1. The van der Waals surface area contributed by atoms with Gasteiger partial charge in [0.1, 0.15) is 5.75 Å². The SMILES string of the molecule is COc1ccccc1CCNc1cncc(C(=O)NCc2ccccn2)c1. The van der Waals surface area contributed by atoms with Crippen molar-refractivity contribution in [2.45, 2.75) is 13.0 Å². The fourth-order valence-electron chi connectivity index (χ4n) is 2.69. The zero-order valence-electron chi connectivity index (χ0n) is 15.2. The first-order valence-corrected chi connectivity index (χ1v) is 8.75. The molecule has 0 aliphatic rings. The van der Waals surface area contributed by atoms with Crippen LogP contribution in [-0.4, -0.2) is 29.5 Å². The van der Waals surface area contributed by atoms with Gasteiger partial charge in [0.15, 0.2) is 0 Å². The van der Waals surface area contributed by atoms with Gasteiger partial charge in [0.25, 0.3) is 5.91 Å². The van der Waals surface area contributed by atoms with Crippen molar-refractivity contribution in [3.05, 3.63) is 83.9 Å². The van der Waals surface area contributed by atoms with E-state index in [1.165, 1.54) is 0 Å². The molecule has 3 rings (SSSR count). The van der Waals surface area contributed by atoms with Crippen LogP contribution in [0.4, 0.5) is 5.69 Å². The van der Waals surface area contributed by atoms with Gasteiger partial charge < -0.3 is 15.4 Å². The molecule has 0 atom stereocenters. The number of anilines is 1. The van der Waals surface area contributed by atoms with Crippen LogP contribution in [0.5, 0.6) is 5.75 Å². The molecule has 0 aliphatic heterocycles. The molecule has 6 nitrogen and oxygen atoms in total. The maximum Gasteiger partial charge on any atom is 0.253 e. The summed E-state index contributed by atoms with van der Waals surface area (Å²) in [6.45, 7) is 1.09. The first-order valence-electron chi connectivity index (χ1n) is 8.75. The minimum absolute atomic E-state index is 0.179. The summed E-state index contributed by atoms with van der Waals surface area (Å²) in [5.74, 6) is 0.696. The summed E-state index contributed by atoms with van der Waals surface area (Å²) in [5.41, 5.74) is 3.25. The molecule has 0 fully saturated rings. The van der Waals surface area contributed by atoms with Crippen molar-refractivity contribution in [2.24, 2.45) is 0 Å². The Morgan fingerprint density at radius 3 is 2.78 bits per heavy atom. The lowest BCUT2D eigenvalue weighted by molar-refractivity contribution is 0.0950. The molecule has 2 N–H and O–H groups in total. The lowest BCUT2D eigenvalue weighted by atomic mass is 10.1. The highest BCUT2D eigenvalue weighted by molar-refractivity contribution is 5.94. The fraction of sp³-hybridized carbons (Fsp3) is 0.190. The largest absolute Gasteiger partial charge is 0.496 e. The van der Waals surface area contributed by atoms with E-state index in [2.05, 4.69) is 20.6 Å². The molecular weight excluding hydrogens is 340 g/mol. The Bertz CT molecular complexity index is 884. The number of nitrogens with one attached hydrogen (secondary N) is 2. The minimum Gasteiger partial charge on any atom is -0.496 e. The highest BCUT2D eigenvalue weighted by Gasteiger charge is 2.07. The van der Waals surface area contributed by atoms with Gasteiger partial charge >= 0.3 is 0 Å². The highest BCUT2D eigenvalue weighted by atomic mass is 16.5. The summed E-state index contributed by atoms with van der Waals surface area (Å²) in [6.07, 6.45) is 5.77. The topological polar surface area (TPSA) is 76.1 Å². The number of aromatic nitrogens is 2. The summed E-state index contributed by atoms with van der Waals surface area (Å²) >= 11 is 0. The van der Waals surface area contributed by atoms with E-state index in [-0.39, 0.29) is 5.91 Å². The Hall–Kier alpha value is -3.41. The third kappa shape index (κ3) is 5.28. The normalized spacial score (nSPS) is 10.3. The molecule has 0 unspecified atom stereocenters. The Balaban J connectivity index is 1.54. The molecule has 2 heterocycles. The predicted octanol–water partition coefficient (Wildman–Crippen LogP) is 3.07. The van der Waals surface area contributed by atoms with Crippen molar-refractivity contribution < 1.29 is 9.53 Å². The second-order valence-corrected chi connectivity index (χ2v) is 5.95. The van der Waals surface area contributed by atoms with Crippen molar-refractivity contribution in [2.75, 3.05) is 19.0 Å². The van der Waals surface area contributed by atoms with Gasteiger partial charge in [-0.2, -0.15) is 0 Å². The van der Waals surface area contributed by atoms with Crippen LogP contribution in [0.1, 0.15) is 21.6 Å². The van der Waals surface area contributed by atoms with Gasteiger partial charge in [-0.15, -0.1) is 0 Å². The average Bonchev–Trinajstić information content (AvgIpc) is 2.73. The van der Waals surface area contributed by atoms with E-state index in [0.29, 0.717) is 18.7 Å². The van der Waals surface area contributed by atoms with Crippen molar-refractivity contribution in [3.63, 3.8) is 0 Å². The number of ether oxygens (including phenoxy) is 1. The lowest BCUT2D eigenvalue weighted by Crippen LogP contribution is -2.23. The van der Waals surface area contributed by atoms with Crippen LogP contribution in [0.3, 0.4) is 0 Å². The second-order valence-electron chi connectivity index (χ2n) is 5.95. The zero-order chi connectivity index (χ0) is 18.9. The van der Waals surface area contributed by atoms with Crippen molar-refractivity contribution >= 4 is 11.6 Å². The van der Waals surface area contributed by atoms with Gasteiger partial charge in [0.05, 0.1) is 30.6 Å². The molecule has 1 aromatic carbocycles. The van der Waals surface area contributed by atoms with Crippen LogP contribution in [0.2, 0.25) is 0 Å². The fourth-order valence-corrected chi connectivity index (χ4v) is 2.69. The van der Waals surface area contributed by atoms with E-state index in [1.807, 2.05) is 42.5 Å². The van der Waals surface area contributed by atoms with Crippen LogP contribution in [-0.2, 0) is 13.0 Å². The van der Waals surface area contributed by atoms with Gasteiger partial charge in [0, 0.05) is 25.1 Å². The standard InChI is InChI=1S/C21H22N4O2/c1-27-20-8-3-2-6-16(20)9-11-24-19-12-17(13-22-14-19)21(26)25-15-18-7-4-5-10-23-18/h2-8,10,12-14,24H,9,11,15H2,1H3,(H,25,26). The number of pyridine rings is 2. The minimum atomic E-state index is -0.179. The van der Waals surface area contributed by atoms with Crippen LogP contribution in [0.15, 0.2) is 67.1 Å². The Morgan fingerprint density at radius 1 is 1.11 bits per heavy atom. The highest BCUT2D eigenvalue weighted by Crippen LogP contribution is 2.18. The number of carbonyl (C=O) groups is 1. The summed E-state index contributed by atoms with van der Waals surface area (Å²) in [5, 5.41) is 6.16. The summed E-state index contributed by atoms with van der Waals surface area (Å²) < 4.78 is 5.36. The first kappa shape index (κ1) is 18.4. The van der Waals surface area contributed by atoms with Crippen LogP contribution in [0.25, 0.3) is 0 Å². The van der Waals surface area contributed by atoms with Crippen molar-refractivity contribution in [1.29, 1.82) is 0 Å². The van der Waals surface area contributed by atoms with Gasteiger partial charge in [-0.05, 0) is 36.2 Å². The number of methoxy groups -OCH3 is 1. The monoisotopic (exact) mass is 362 g/mol. The molecule has 0 saturated carbocycles. The van der Waals surface area contributed by atoms with Crippen molar-refractivity contribution in [3.8, 4) is 5.75 Å². The summed E-state index contributed by atoms with van der Waals surface area (Å²) in [7, 11) is 1.67. The van der Waals surface area contributed by atoms with E-state index in [1.54, 1.807) is 31.8 Å². The van der Waals surface area contributed by atoms with E-state index in [4.69, 9.17) is 4.74 Å². The van der Waals surface area contributed by atoms with Crippen LogP contribution >= 0.6 is 0 Å². The molecule has 2 aromatic heterocycles. The van der Waals surface area contributed by atoms with Gasteiger partial charge in [-0.25, -0.2) is 0 Å². The van der Waals surface area contributed by atoms with Gasteiger partial charge in [-0.3, -0.25) is 14.8 Å². The average molecular weight is 362 g/mol. The van der Waals surface area contributed by atoms with E-state index in [0.717, 1.165) is 29.1 Å². The summed E-state index contributed by atoms with van der Waals surface area (Å²) in [4.78, 5) is 20.7. The maximum absolute atomic E-state index is 12.3. The smallest absolute Gasteiger partial charge is 0.253 e. The maximum atomic E-state index is 12.3. The number of para-hydroxylation sites is 1. The molecule has 27 heavy (non-hydrogen) atoms. The Kier molecular flexibility index (Phi) is 6.35. The Morgan fingerprint density at radius 2 is 1.96 bits per heavy atom. The van der Waals surface area contributed by atoms with E-state index < -0.39 is 0 Å². The molecular formula is C21H22N4O2. The molecule has 3 aromatic rings. The molecule has 0 aliphatic carbocycles. The number of nitrogens with zero attached hydrogens (tertiary/aromatic N) is 2. The molecule has 0 bridgehead atoms. The van der Waals surface area contributed by atoms with Gasteiger partial charge in [0.2, 0.25) is 0 Å². The number of hydrogen-bond donors (Lipinski definition) is 2. The second kappa shape index (κ2) is 9.33. The number of carbonyl (C=O) groups excluding carboxylic acids is 1. The summed E-state index contributed by atoms with van der Waals surface area (Å²) in [6, 6.07) is 15.3. The molecule has 0 radical (unpaired) electrons. The third-order valence-electron chi connectivity index (χ3n) is 4.07. The van der Waals surface area contributed by atoms with Crippen LogP contribution < -0.4 is 15.4 Å². The molecule has 0 saturated heterocycles. The number of hydrogen-bond acceptors (Lipinski definition) is 5. The quantitative estimate of drug-likeness (QED) is 0.644. The van der Waals surface area contributed by atoms with E-state index in [9.17, 15) is 4.79 Å². The van der Waals surface area contributed by atoms with Crippen LogP contribution in [0, 0.1) is 0 Å². The zero-order valence-corrected chi connectivity index (χ0v) is 15.2. The van der Waals surface area contributed by atoms with E-state index >= 15 is 0 Å².